The van der Waals surface area contributed by atoms with Crippen molar-refractivity contribution in [1.29, 1.82) is 0 Å². The first kappa shape index (κ1) is 22.4. The summed E-state index contributed by atoms with van der Waals surface area (Å²) in [4.78, 5) is 36.2. The van der Waals surface area contributed by atoms with Crippen molar-refractivity contribution in [2.45, 2.75) is 39.3 Å². The first-order valence-electron chi connectivity index (χ1n) is 11.2. The molecule has 1 aromatic heterocycles. The number of nitrogens with zero attached hydrogens (tertiary/aromatic N) is 4. The Hall–Kier alpha value is -2.84. The lowest BCUT2D eigenvalue weighted by atomic mass is 9.94. The zero-order valence-electron chi connectivity index (χ0n) is 18.8. The molecular formula is C24H31N5O3. The minimum Gasteiger partial charge on any atom is -0.390 e. The van der Waals surface area contributed by atoms with Gasteiger partial charge in [0.1, 0.15) is 12.0 Å². The first-order valence-corrected chi connectivity index (χ1v) is 11.2. The van der Waals surface area contributed by atoms with Crippen molar-refractivity contribution in [3.8, 4) is 0 Å². The van der Waals surface area contributed by atoms with E-state index in [1.54, 1.807) is 17.9 Å². The number of carbonyl (C=O) groups excluding carboxylic acids is 2. The normalized spacial score (nSPS) is 17.4. The molecule has 0 radical (unpaired) electrons. The zero-order chi connectivity index (χ0) is 22.7. The lowest BCUT2D eigenvalue weighted by Gasteiger charge is -2.38. The Bertz CT molecular complexity index is 989. The third-order valence-electron chi connectivity index (χ3n) is 6.28. The molecule has 8 heteroatoms. The number of aliphatic hydroxyl groups is 1. The van der Waals surface area contributed by atoms with Crippen molar-refractivity contribution >= 4 is 11.8 Å². The number of likely N-dealkylation sites (tertiary alicyclic amines) is 1. The van der Waals surface area contributed by atoms with Gasteiger partial charge in [-0.25, -0.2) is 9.97 Å². The first-order chi connectivity index (χ1) is 15.4. The van der Waals surface area contributed by atoms with E-state index in [1.807, 2.05) is 0 Å². The number of hydrogen-bond acceptors (Lipinski definition) is 6. The Morgan fingerprint density at radius 3 is 2.81 bits per heavy atom. The number of amides is 2. The number of aliphatic hydroxyl groups excluding tert-OH is 1. The lowest BCUT2D eigenvalue weighted by Crippen LogP contribution is -2.49. The van der Waals surface area contributed by atoms with Crippen LogP contribution in [0.3, 0.4) is 0 Å². The minimum atomic E-state index is -0.653. The van der Waals surface area contributed by atoms with Gasteiger partial charge in [-0.2, -0.15) is 0 Å². The van der Waals surface area contributed by atoms with Crippen LogP contribution in [0.2, 0.25) is 0 Å². The Kier molecular flexibility index (Phi) is 6.81. The highest BCUT2D eigenvalue weighted by Gasteiger charge is 2.29. The maximum Gasteiger partial charge on any atom is 0.270 e. The molecule has 1 saturated heterocycles. The zero-order valence-corrected chi connectivity index (χ0v) is 18.8. The molecule has 2 N–H and O–H groups in total. The number of hydrogen-bond donors (Lipinski definition) is 2. The molecule has 1 atom stereocenters. The van der Waals surface area contributed by atoms with E-state index in [0.717, 1.165) is 38.3 Å². The summed E-state index contributed by atoms with van der Waals surface area (Å²) in [6, 6.07) is 8.23. The van der Waals surface area contributed by atoms with E-state index in [2.05, 4.69) is 45.3 Å². The molecule has 4 rings (SSSR count). The molecule has 2 aliphatic rings. The standard InChI is InChI=1S/C24H31N5O3/c1-16-3-4-20-13-28(6-5-19(20)7-16)14-22(31)10-25-24(32)23-9-21(26-15-27-23)8-18-11-29(12-18)17(2)30/h3-4,7,9,15,18,22,31H,5-6,8,10-14H2,1-2H3,(H,25,32)/t22-/m0/s1. The van der Waals surface area contributed by atoms with Crippen LogP contribution < -0.4 is 5.32 Å². The highest BCUT2D eigenvalue weighted by Crippen LogP contribution is 2.21. The van der Waals surface area contributed by atoms with Crippen molar-refractivity contribution in [3.63, 3.8) is 0 Å². The molecule has 0 saturated carbocycles. The van der Waals surface area contributed by atoms with Crippen LogP contribution in [0.5, 0.6) is 0 Å². The van der Waals surface area contributed by atoms with E-state index >= 15 is 0 Å². The largest absolute Gasteiger partial charge is 0.390 e. The van der Waals surface area contributed by atoms with Crippen LogP contribution in [-0.2, 0) is 24.2 Å². The molecule has 1 fully saturated rings. The number of rotatable bonds is 7. The molecule has 1 aromatic carbocycles. The molecule has 2 aliphatic heterocycles. The summed E-state index contributed by atoms with van der Waals surface area (Å²) in [5, 5.41) is 13.2. The monoisotopic (exact) mass is 437 g/mol. The fourth-order valence-electron chi connectivity index (χ4n) is 4.44. The van der Waals surface area contributed by atoms with E-state index in [-0.39, 0.29) is 18.4 Å². The SMILES string of the molecule is CC(=O)N1CC(Cc2cc(C(=O)NC[C@H](O)CN3CCc4cc(C)ccc4C3)ncn2)C1. The Morgan fingerprint density at radius 1 is 1.22 bits per heavy atom. The molecule has 0 unspecified atom stereocenters. The maximum absolute atomic E-state index is 12.5. The summed E-state index contributed by atoms with van der Waals surface area (Å²) in [5.41, 5.74) is 5.07. The van der Waals surface area contributed by atoms with E-state index in [4.69, 9.17) is 0 Å². The van der Waals surface area contributed by atoms with E-state index < -0.39 is 6.10 Å². The summed E-state index contributed by atoms with van der Waals surface area (Å²) in [7, 11) is 0. The van der Waals surface area contributed by atoms with Gasteiger partial charge in [0.15, 0.2) is 0 Å². The average Bonchev–Trinajstić information content (AvgIpc) is 2.74. The maximum atomic E-state index is 12.5. The third-order valence-corrected chi connectivity index (χ3v) is 6.28. The van der Waals surface area contributed by atoms with Gasteiger partial charge in [0, 0.05) is 51.9 Å². The quantitative estimate of drug-likeness (QED) is 0.669. The van der Waals surface area contributed by atoms with Gasteiger partial charge in [-0.1, -0.05) is 23.8 Å². The third kappa shape index (κ3) is 5.49. The van der Waals surface area contributed by atoms with Crippen molar-refractivity contribution in [3.05, 3.63) is 58.7 Å². The van der Waals surface area contributed by atoms with Gasteiger partial charge in [-0.15, -0.1) is 0 Å². The molecule has 2 aromatic rings. The molecule has 2 amide bonds. The van der Waals surface area contributed by atoms with Crippen LogP contribution in [0.15, 0.2) is 30.6 Å². The van der Waals surface area contributed by atoms with Crippen molar-refractivity contribution in [2.75, 3.05) is 32.7 Å². The summed E-state index contributed by atoms with van der Waals surface area (Å²) in [5.74, 6) is 0.141. The van der Waals surface area contributed by atoms with Crippen molar-refractivity contribution in [1.82, 2.24) is 25.1 Å². The molecule has 170 valence electrons. The fraction of sp³-hybridized carbons (Fsp3) is 0.500. The van der Waals surface area contributed by atoms with Crippen LogP contribution in [0.1, 0.15) is 39.8 Å². The van der Waals surface area contributed by atoms with Crippen molar-refractivity contribution < 1.29 is 14.7 Å². The van der Waals surface area contributed by atoms with Gasteiger partial charge >= 0.3 is 0 Å². The molecule has 32 heavy (non-hydrogen) atoms. The Balaban J connectivity index is 1.23. The van der Waals surface area contributed by atoms with E-state index in [1.165, 1.54) is 23.0 Å². The van der Waals surface area contributed by atoms with Crippen LogP contribution in [-0.4, -0.2) is 75.5 Å². The molecule has 0 bridgehead atoms. The highest BCUT2D eigenvalue weighted by atomic mass is 16.3. The molecule has 3 heterocycles. The van der Waals surface area contributed by atoms with Crippen LogP contribution >= 0.6 is 0 Å². The van der Waals surface area contributed by atoms with Crippen molar-refractivity contribution in [2.24, 2.45) is 5.92 Å². The summed E-state index contributed by atoms with van der Waals surface area (Å²) in [6.45, 7) is 7.54. The minimum absolute atomic E-state index is 0.0893. The van der Waals surface area contributed by atoms with Crippen LogP contribution in [0, 0.1) is 12.8 Å². The second-order valence-electron chi connectivity index (χ2n) is 9.01. The second kappa shape index (κ2) is 9.75. The summed E-state index contributed by atoms with van der Waals surface area (Å²) < 4.78 is 0. The number of fused-ring (bicyclic) bond motifs is 1. The van der Waals surface area contributed by atoms with Crippen LogP contribution in [0.25, 0.3) is 0 Å². The van der Waals surface area contributed by atoms with Gasteiger partial charge < -0.3 is 15.3 Å². The highest BCUT2D eigenvalue weighted by molar-refractivity contribution is 5.92. The van der Waals surface area contributed by atoms with E-state index in [0.29, 0.717) is 24.6 Å². The number of aromatic nitrogens is 2. The molecule has 0 spiro atoms. The fourth-order valence-corrected chi connectivity index (χ4v) is 4.44. The average molecular weight is 438 g/mol. The summed E-state index contributed by atoms with van der Waals surface area (Å²) >= 11 is 0. The number of nitrogens with one attached hydrogen (secondary N) is 1. The Morgan fingerprint density at radius 2 is 2.03 bits per heavy atom. The van der Waals surface area contributed by atoms with Gasteiger partial charge in [-0.3, -0.25) is 14.5 Å². The Labute approximate surface area is 188 Å². The predicted octanol–water partition coefficient (Wildman–Crippen LogP) is 0.955. The predicted molar refractivity (Wildman–Crippen MR) is 120 cm³/mol. The smallest absolute Gasteiger partial charge is 0.270 e. The number of carbonyl (C=O) groups is 2. The topological polar surface area (TPSA) is 98.7 Å². The van der Waals surface area contributed by atoms with Crippen LogP contribution in [0.4, 0.5) is 0 Å². The van der Waals surface area contributed by atoms with Gasteiger partial charge in [0.25, 0.3) is 5.91 Å². The second-order valence-corrected chi connectivity index (χ2v) is 9.01. The van der Waals surface area contributed by atoms with E-state index in [9.17, 15) is 14.7 Å². The number of β-amino-alcohol motifs (C(OH)–C–C–N with tert-alkyl or cyclic N) is 1. The van der Waals surface area contributed by atoms with Gasteiger partial charge in [0.05, 0.1) is 6.10 Å². The summed E-state index contributed by atoms with van der Waals surface area (Å²) in [6.07, 6.45) is 2.44. The molecule has 0 aliphatic carbocycles. The number of aryl methyl sites for hydroxylation is 1. The molecular weight excluding hydrogens is 406 g/mol. The lowest BCUT2D eigenvalue weighted by molar-refractivity contribution is -0.134. The van der Waals surface area contributed by atoms with Gasteiger partial charge in [0.2, 0.25) is 5.91 Å². The number of benzene rings is 1. The molecule has 8 nitrogen and oxygen atoms in total. The van der Waals surface area contributed by atoms with Gasteiger partial charge in [-0.05, 0) is 42.9 Å².